The molecular formula is C25H25N3O3S. The Morgan fingerprint density at radius 2 is 1.94 bits per heavy atom. The van der Waals surface area contributed by atoms with Gasteiger partial charge in [0.1, 0.15) is 16.5 Å². The van der Waals surface area contributed by atoms with Crippen molar-refractivity contribution in [3.8, 4) is 17.2 Å². The second-order valence-corrected chi connectivity index (χ2v) is 8.71. The third-order valence-corrected chi connectivity index (χ3v) is 6.58. The van der Waals surface area contributed by atoms with E-state index in [1.165, 1.54) is 0 Å². The number of carbonyl (C=O) groups excluding carboxylic acids is 1. The Kier molecular flexibility index (Phi) is 5.92. The summed E-state index contributed by atoms with van der Waals surface area (Å²) in [6.45, 7) is 6.25. The number of hydrogen-bond acceptors (Lipinski definition) is 6. The molecule has 1 amide bonds. The minimum Gasteiger partial charge on any atom is -0.493 e. The number of nitrogens with zero attached hydrogens (tertiary/aromatic N) is 3. The summed E-state index contributed by atoms with van der Waals surface area (Å²) in [6.07, 6.45) is 1.66. The third-order valence-electron chi connectivity index (χ3n) is 5.75. The highest BCUT2D eigenvalue weighted by Gasteiger charge is 2.26. The van der Waals surface area contributed by atoms with Gasteiger partial charge in [-0.25, -0.2) is 4.98 Å². The summed E-state index contributed by atoms with van der Waals surface area (Å²) in [4.78, 5) is 22.5. The second kappa shape index (κ2) is 9.14. The fourth-order valence-corrected chi connectivity index (χ4v) is 4.95. The van der Waals surface area contributed by atoms with E-state index in [2.05, 4.69) is 4.90 Å². The van der Waals surface area contributed by atoms with E-state index >= 15 is 0 Å². The van der Waals surface area contributed by atoms with Gasteiger partial charge in [-0.3, -0.25) is 9.69 Å². The maximum Gasteiger partial charge on any atom is 0.258 e. The van der Waals surface area contributed by atoms with Gasteiger partial charge in [0, 0.05) is 31.6 Å². The van der Waals surface area contributed by atoms with Crippen molar-refractivity contribution in [3.05, 3.63) is 70.7 Å². The predicted molar refractivity (Wildman–Crippen MR) is 126 cm³/mol. The fraction of sp³-hybridized carbons (Fsp3) is 0.280. The van der Waals surface area contributed by atoms with Crippen LogP contribution in [0, 0.1) is 0 Å². The van der Waals surface area contributed by atoms with Gasteiger partial charge in [-0.2, -0.15) is 0 Å². The van der Waals surface area contributed by atoms with Gasteiger partial charge in [-0.1, -0.05) is 30.3 Å². The van der Waals surface area contributed by atoms with Gasteiger partial charge in [0.15, 0.2) is 5.76 Å². The van der Waals surface area contributed by atoms with Gasteiger partial charge in [0.25, 0.3) is 5.91 Å². The molecule has 2 aromatic heterocycles. The van der Waals surface area contributed by atoms with E-state index in [9.17, 15) is 4.79 Å². The van der Waals surface area contributed by atoms with Crippen molar-refractivity contribution in [1.29, 1.82) is 0 Å². The molecule has 0 radical (unpaired) electrons. The Morgan fingerprint density at radius 3 is 2.72 bits per heavy atom. The van der Waals surface area contributed by atoms with Crippen LogP contribution in [0.4, 0.5) is 0 Å². The number of carbonyl (C=O) groups is 1. The Morgan fingerprint density at radius 1 is 1.09 bits per heavy atom. The summed E-state index contributed by atoms with van der Waals surface area (Å²) in [5.74, 6) is 1.49. The number of piperazine rings is 1. The lowest BCUT2D eigenvalue weighted by molar-refractivity contribution is 0.0626. The van der Waals surface area contributed by atoms with Crippen molar-refractivity contribution in [3.63, 3.8) is 0 Å². The van der Waals surface area contributed by atoms with Crippen LogP contribution in [0.15, 0.2) is 64.6 Å². The summed E-state index contributed by atoms with van der Waals surface area (Å²) < 4.78 is 11.3. The van der Waals surface area contributed by atoms with Crippen molar-refractivity contribution in [2.24, 2.45) is 0 Å². The van der Waals surface area contributed by atoms with E-state index in [1.807, 2.05) is 65.7 Å². The zero-order valence-electron chi connectivity index (χ0n) is 18.0. The van der Waals surface area contributed by atoms with Gasteiger partial charge in [0.05, 0.1) is 25.0 Å². The molecule has 1 saturated heterocycles. The number of aromatic nitrogens is 1. The number of rotatable bonds is 6. The third kappa shape index (κ3) is 4.13. The summed E-state index contributed by atoms with van der Waals surface area (Å²) in [7, 11) is 0. The van der Waals surface area contributed by atoms with Crippen LogP contribution in [-0.2, 0) is 6.54 Å². The topological polar surface area (TPSA) is 58.8 Å². The largest absolute Gasteiger partial charge is 0.493 e. The lowest BCUT2D eigenvalue weighted by Gasteiger charge is -2.34. The molecule has 7 heteroatoms. The molecule has 0 bridgehead atoms. The van der Waals surface area contributed by atoms with Crippen molar-refractivity contribution in [2.75, 3.05) is 32.8 Å². The molecule has 0 atom stereocenters. The zero-order valence-corrected chi connectivity index (χ0v) is 18.8. The lowest BCUT2D eigenvalue weighted by Crippen LogP contribution is -2.48. The number of thiazole rings is 1. The van der Waals surface area contributed by atoms with Crippen LogP contribution in [0.1, 0.15) is 22.3 Å². The Balaban J connectivity index is 1.28. The first-order valence-electron chi connectivity index (χ1n) is 10.9. The van der Waals surface area contributed by atoms with Crippen LogP contribution >= 0.6 is 11.3 Å². The minimum atomic E-state index is 0.0410. The Labute approximate surface area is 191 Å². The molecule has 0 N–H and O–H groups in total. The molecule has 32 heavy (non-hydrogen) atoms. The molecule has 6 nitrogen and oxygen atoms in total. The van der Waals surface area contributed by atoms with Crippen LogP contribution in [0.25, 0.3) is 22.2 Å². The quantitative estimate of drug-likeness (QED) is 0.420. The number of furan rings is 1. The first kappa shape index (κ1) is 20.7. The lowest BCUT2D eigenvalue weighted by atomic mass is 10.0. The molecule has 0 unspecified atom stereocenters. The van der Waals surface area contributed by atoms with Crippen molar-refractivity contribution < 1.29 is 13.9 Å². The van der Waals surface area contributed by atoms with Crippen LogP contribution in [0.5, 0.6) is 5.75 Å². The maximum atomic E-state index is 13.5. The zero-order chi connectivity index (χ0) is 21.9. The highest BCUT2D eigenvalue weighted by Crippen LogP contribution is 2.30. The number of fused-ring (bicyclic) bond motifs is 1. The van der Waals surface area contributed by atoms with E-state index in [1.54, 1.807) is 17.6 Å². The van der Waals surface area contributed by atoms with Gasteiger partial charge >= 0.3 is 0 Å². The molecule has 2 aromatic carbocycles. The van der Waals surface area contributed by atoms with Crippen LogP contribution in [-0.4, -0.2) is 53.5 Å². The van der Waals surface area contributed by atoms with Crippen LogP contribution < -0.4 is 4.74 Å². The second-order valence-electron chi connectivity index (χ2n) is 7.76. The molecule has 1 aliphatic rings. The molecule has 4 aromatic rings. The summed E-state index contributed by atoms with van der Waals surface area (Å²) >= 11 is 1.64. The molecule has 1 aliphatic heterocycles. The minimum absolute atomic E-state index is 0.0410. The van der Waals surface area contributed by atoms with Crippen molar-refractivity contribution in [1.82, 2.24) is 14.8 Å². The van der Waals surface area contributed by atoms with E-state index in [4.69, 9.17) is 14.1 Å². The molecular weight excluding hydrogens is 422 g/mol. The summed E-state index contributed by atoms with van der Waals surface area (Å²) in [5.41, 5.74) is 1.55. The summed E-state index contributed by atoms with van der Waals surface area (Å²) in [5, 5.41) is 5.08. The number of amides is 1. The van der Waals surface area contributed by atoms with Gasteiger partial charge in [-0.15, -0.1) is 11.3 Å². The monoisotopic (exact) mass is 447 g/mol. The van der Waals surface area contributed by atoms with Gasteiger partial charge in [-0.05, 0) is 35.9 Å². The van der Waals surface area contributed by atoms with Crippen LogP contribution in [0.2, 0.25) is 0 Å². The van der Waals surface area contributed by atoms with E-state index in [0.717, 1.165) is 46.9 Å². The van der Waals surface area contributed by atoms with E-state index in [0.29, 0.717) is 31.0 Å². The van der Waals surface area contributed by atoms with Crippen molar-refractivity contribution in [2.45, 2.75) is 13.5 Å². The average Bonchev–Trinajstić information content (AvgIpc) is 3.51. The van der Waals surface area contributed by atoms with E-state index in [-0.39, 0.29) is 5.91 Å². The fourth-order valence-electron chi connectivity index (χ4n) is 4.13. The van der Waals surface area contributed by atoms with Gasteiger partial charge < -0.3 is 14.1 Å². The Hall–Kier alpha value is -3.16. The Bertz CT molecular complexity index is 1210. The molecule has 164 valence electrons. The molecule has 0 saturated carbocycles. The highest BCUT2D eigenvalue weighted by atomic mass is 32.1. The molecule has 1 fully saturated rings. The maximum absolute atomic E-state index is 13.5. The SMILES string of the molecule is CCOc1ccc2ccccc2c1C(=O)N1CCN(Cc2nc(-c3ccco3)cs2)CC1. The standard InChI is InChI=1S/C25H25N3O3S/c1-2-30-22-10-9-18-6-3-4-7-19(18)24(22)25(29)28-13-11-27(12-14-28)16-23-26-20(17-32-23)21-8-5-15-31-21/h3-10,15,17H,2,11-14,16H2,1H3. The number of benzene rings is 2. The average molecular weight is 448 g/mol. The molecule has 5 rings (SSSR count). The highest BCUT2D eigenvalue weighted by molar-refractivity contribution is 7.09. The van der Waals surface area contributed by atoms with Crippen LogP contribution in [0.3, 0.4) is 0 Å². The number of hydrogen-bond donors (Lipinski definition) is 0. The van der Waals surface area contributed by atoms with Crippen molar-refractivity contribution >= 4 is 28.0 Å². The molecule has 3 heterocycles. The van der Waals surface area contributed by atoms with E-state index < -0.39 is 0 Å². The first-order chi connectivity index (χ1) is 15.7. The first-order valence-corrected chi connectivity index (χ1v) is 11.8. The molecule has 0 spiro atoms. The summed E-state index contributed by atoms with van der Waals surface area (Å²) in [6, 6.07) is 15.7. The smallest absolute Gasteiger partial charge is 0.258 e. The normalized spacial score (nSPS) is 14.7. The molecule has 0 aliphatic carbocycles. The predicted octanol–water partition coefficient (Wildman–Crippen LogP) is 4.91. The van der Waals surface area contributed by atoms with Gasteiger partial charge in [0.2, 0.25) is 0 Å². The number of ether oxygens (including phenoxy) is 1.